The standard InChI is InChI=1S/C14H19N3O/c1-16(11-7-9-18-10-8-11)14-15-12-5-3-4-6-13(12)17(14)2/h3-6,11H,7-10H2,1-2H3. The van der Waals surface area contributed by atoms with Crippen LogP contribution in [0.3, 0.4) is 0 Å². The van der Waals surface area contributed by atoms with Crippen molar-refractivity contribution in [3.63, 3.8) is 0 Å². The molecule has 0 unspecified atom stereocenters. The molecule has 1 fully saturated rings. The number of imidazole rings is 1. The van der Waals surface area contributed by atoms with Crippen molar-refractivity contribution in [2.45, 2.75) is 18.9 Å². The lowest BCUT2D eigenvalue weighted by Gasteiger charge is -2.31. The molecule has 1 saturated heterocycles. The van der Waals surface area contributed by atoms with Gasteiger partial charge in [0.2, 0.25) is 5.95 Å². The van der Waals surface area contributed by atoms with E-state index < -0.39 is 0 Å². The summed E-state index contributed by atoms with van der Waals surface area (Å²) >= 11 is 0. The van der Waals surface area contributed by atoms with Gasteiger partial charge in [0.1, 0.15) is 0 Å². The third-order valence-electron chi connectivity index (χ3n) is 3.82. The number of ether oxygens (including phenoxy) is 1. The SMILES string of the molecule is CN(c1nc2ccccc2n1C)C1CCOCC1. The number of nitrogens with zero attached hydrogens (tertiary/aromatic N) is 3. The lowest BCUT2D eigenvalue weighted by Crippen LogP contribution is -2.38. The third-order valence-corrected chi connectivity index (χ3v) is 3.82. The van der Waals surface area contributed by atoms with Gasteiger partial charge in [0.25, 0.3) is 0 Å². The Morgan fingerprint density at radius 3 is 2.72 bits per heavy atom. The monoisotopic (exact) mass is 245 g/mol. The van der Waals surface area contributed by atoms with Gasteiger partial charge in [-0.25, -0.2) is 4.98 Å². The van der Waals surface area contributed by atoms with Crippen LogP contribution in [0.2, 0.25) is 0 Å². The van der Waals surface area contributed by atoms with Crippen LogP contribution in [0.4, 0.5) is 5.95 Å². The molecule has 18 heavy (non-hydrogen) atoms. The Kier molecular flexibility index (Phi) is 2.96. The molecule has 0 amide bonds. The lowest BCUT2D eigenvalue weighted by molar-refractivity contribution is 0.0851. The van der Waals surface area contributed by atoms with Gasteiger partial charge in [-0.05, 0) is 25.0 Å². The number of aromatic nitrogens is 2. The molecule has 0 aliphatic carbocycles. The molecule has 2 aromatic rings. The number of fused-ring (bicyclic) bond motifs is 1. The molecular formula is C14H19N3O. The van der Waals surface area contributed by atoms with Crippen molar-refractivity contribution in [3.8, 4) is 0 Å². The van der Waals surface area contributed by atoms with Crippen LogP contribution >= 0.6 is 0 Å². The molecule has 96 valence electrons. The van der Waals surface area contributed by atoms with Crippen molar-refractivity contribution < 1.29 is 4.74 Å². The van der Waals surface area contributed by atoms with Gasteiger partial charge in [0.05, 0.1) is 11.0 Å². The summed E-state index contributed by atoms with van der Waals surface area (Å²) in [7, 11) is 4.22. The highest BCUT2D eigenvalue weighted by atomic mass is 16.5. The van der Waals surface area contributed by atoms with E-state index in [0.29, 0.717) is 6.04 Å². The van der Waals surface area contributed by atoms with Gasteiger partial charge >= 0.3 is 0 Å². The highest BCUT2D eigenvalue weighted by Crippen LogP contribution is 2.24. The zero-order valence-corrected chi connectivity index (χ0v) is 11.0. The van der Waals surface area contributed by atoms with Gasteiger partial charge in [-0.1, -0.05) is 12.1 Å². The summed E-state index contributed by atoms with van der Waals surface area (Å²) in [4.78, 5) is 7.03. The lowest BCUT2D eigenvalue weighted by atomic mass is 10.1. The number of hydrogen-bond donors (Lipinski definition) is 0. The number of anilines is 1. The average molecular weight is 245 g/mol. The molecule has 4 nitrogen and oxygen atoms in total. The van der Waals surface area contributed by atoms with Crippen LogP contribution in [-0.4, -0.2) is 35.9 Å². The molecule has 2 heterocycles. The topological polar surface area (TPSA) is 30.3 Å². The van der Waals surface area contributed by atoms with E-state index in [-0.39, 0.29) is 0 Å². The van der Waals surface area contributed by atoms with Crippen LogP contribution < -0.4 is 4.90 Å². The summed E-state index contributed by atoms with van der Waals surface area (Å²) < 4.78 is 7.59. The first kappa shape index (κ1) is 11.5. The van der Waals surface area contributed by atoms with E-state index in [1.807, 2.05) is 6.07 Å². The van der Waals surface area contributed by atoms with Crippen molar-refractivity contribution in [1.29, 1.82) is 0 Å². The molecule has 0 bridgehead atoms. The zero-order chi connectivity index (χ0) is 12.5. The van der Waals surface area contributed by atoms with Crippen molar-refractivity contribution in [2.24, 2.45) is 7.05 Å². The molecule has 1 aromatic carbocycles. The molecular weight excluding hydrogens is 226 g/mol. The number of rotatable bonds is 2. The minimum atomic E-state index is 0.536. The molecule has 0 N–H and O–H groups in total. The van der Waals surface area contributed by atoms with Crippen LogP contribution in [0, 0.1) is 0 Å². The van der Waals surface area contributed by atoms with Gasteiger partial charge in [-0.3, -0.25) is 0 Å². The second-order valence-electron chi connectivity index (χ2n) is 4.91. The molecule has 0 spiro atoms. The van der Waals surface area contributed by atoms with E-state index >= 15 is 0 Å². The van der Waals surface area contributed by atoms with Gasteiger partial charge in [-0.2, -0.15) is 0 Å². The largest absolute Gasteiger partial charge is 0.381 e. The Hall–Kier alpha value is -1.55. The second-order valence-corrected chi connectivity index (χ2v) is 4.91. The minimum absolute atomic E-state index is 0.536. The van der Waals surface area contributed by atoms with E-state index in [2.05, 4.69) is 41.8 Å². The van der Waals surface area contributed by atoms with Crippen molar-refractivity contribution in [2.75, 3.05) is 25.2 Å². The summed E-state index contributed by atoms with van der Waals surface area (Å²) in [5.41, 5.74) is 2.25. The first-order valence-electron chi connectivity index (χ1n) is 6.49. The maximum atomic E-state index is 5.42. The Bertz CT molecular complexity index is 543. The molecule has 1 aliphatic heterocycles. The zero-order valence-electron chi connectivity index (χ0n) is 11.0. The van der Waals surface area contributed by atoms with Gasteiger partial charge < -0.3 is 14.2 Å². The first-order chi connectivity index (χ1) is 8.77. The quantitative estimate of drug-likeness (QED) is 0.812. The Morgan fingerprint density at radius 1 is 1.28 bits per heavy atom. The molecule has 0 atom stereocenters. The Labute approximate surface area is 107 Å². The number of aryl methyl sites for hydroxylation is 1. The highest BCUT2D eigenvalue weighted by molar-refractivity contribution is 5.78. The minimum Gasteiger partial charge on any atom is -0.381 e. The predicted octanol–water partition coefficient (Wildman–Crippen LogP) is 2.19. The third kappa shape index (κ3) is 1.86. The molecule has 3 rings (SSSR count). The first-order valence-corrected chi connectivity index (χ1v) is 6.49. The normalized spacial score (nSPS) is 17.2. The summed E-state index contributed by atoms with van der Waals surface area (Å²) in [6.45, 7) is 1.72. The van der Waals surface area contributed by atoms with E-state index in [0.717, 1.165) is 37.5 Å². The van der Waals surface area contributed by atoms with E-state index in [1.54, 1.807) is 0 Å². The van der Waals surface area contributed by atoms with Crippen LogP contribution in [0.25, 0.3) is 11.0 Å². The number of para-hydroxylation sites is 2. The smallest absolute Gasteiger partial charge is 0.206 e. The van der Waals surface area contributed by atoms with Crippen LogP contribution in [0.5, 0.6) is 0 Å². The fraction of sp³-hybridized carbons (Fsp3) is 0.500. The number of benzene rings is 1. The van der Waals surface area contributed by atoms with Crippen molar-refractivity contribution in [1.82, 2.24) is 9.55 Å². The molecule has 0 radical (unpaired) electrons. The maximum absolute atomic E-state index is 5.42. The van der Waals surface area contributed by atoms with E-state index in [1.165, 1.54) is 5.52 Å². The fourth-order valence-corrected chi connectivity index (χ4v) is 2.68. The highest BCUT2D eigenvalue weighted by Gasteiger charge is 2.22. The molecule has 1 aromatic heterocycles. The fourth-order valence-electron chi connectivity index (χ4n) is 2.68. The predicted molar refractivity (Wildman–Crippen MR) is 73.0 cm³/mol. The maximum Gasteiger partial charge on any atom is 0.206 e. The van der Waals surface area contributed by atoms with Crippen LogP contribution in [0.15, 0.2) is 24.3 Å². The second kappa shape index (κ2) is 4.61. The van der Waals surface area contributed by atoms with Crippen LogP contribution in [0.1, 0.15) is 12.8 Å². The summed E-state index contributed by atoms with van der Waals surface area (Å²) in [6.07, 6.45) is 2.17. The average Bonchev–Trinajstić information content (AvgIpc) is 2.77. The van der Waals surface area contributed by atoms with Gasteiger partial charge in [-0.15, -0.1) is 0 Å². The number of hydrogen-bond acceptors (Lipinski definition) is 3. The summed E-state index contributed by atoms with van der Waals surface area (Å²) in [5.74, 6) is 1.04. The van der Waals surface area contributed by atoms with Gasteiger partial charge in [0.15, 0.2) is 0 Å². The van der Waals surface area contributed by atoms with E-state index in [9.17, 15) is 0 Å². The van der Waals surface area contributed by atoms with Gasteiger partial charge in [0, 0.05) is 33.4 Å². The van der Waals surface area contributed by atoms with E-state index in [4.69, 9.17) is 9.72 Å². The van der Waals surface area contributed by atoms with Crippen molar-refractivity contribution >= 4 is 17.0 Å². The Morgan fingerprint density at radius 2 is 2.00 bits per heavy atom. The van der Waals surface area contributed by atoms with Crippen LogP contribution in [-0.2, 0) is 11.8 Å². The van der Waals surface area contributed by atoms with Crippen molar-refractivity contribution in [3.05, 3.63) is 24.3 Å². The molecule has 4 heteroatoms. The summed E-state index contributed by atoms with van der Waals surface area (Å²) in [6, 6.07) is 8.81. The molecule has 0 saturated carbocycles. The molecule has 1 aliphatic rings. The Balaban J connectivity index is 1.95. The summed E-state index contributed by atoms with van der Waals surface area (Å²) in [5, 5.41) is 0.